The maximum atomic E-state index is 4.58. The van der Waals surface area contributed by atoms with Crippen molar-refractivity contribution < 1.29 is 0 Å². The molecule has 0 radical (unpaired) electrons. The summed E-state index contributed by atoms with van der Waals surface area (Å²) in [6, 6.07) is 0.547. The van der Waals surface area contributed by atoms with Gasteiger partial charge in [0.05, 0.1) is 5.69 Å². The number of rotatable bonds is 4. The van der Waals surface area contributed by atoms with E-state index in [0.29, 0.717) is 6.04 Å². The fraction of sp³-hybridized carbons (Fsp3) is 0.769. The van der Waals surface area contributed by atoms with E-state index in [1.807, 2.05) is 0 Å². The van der Waals surface area contributed by atoms with Gasteiger partial charge < -0.3 is 14.8 Å². The maximum Gasteiger partial charge on any atom is 0.203 e. The molecule has 0 bridgehead atoms. The van der Waals surface area contributed by atoms with Crippen LogP contribution in [-0.2, 0) is 6.54 Å². The molecule has 96 valence electrons. The van der Waals surface area contributed by atoms with Crippen molar-refractivity contribution in [3.63, 3.8) is 0 Å². The van der Waals surface area contributed by atoms with Gasteiger partial charge in [-0.2, -0.15) is 0 Å². The van der Waals surface area contributed by atoms with Crippen LogP contribution in [0.5, 0.6) is 0 Å². The predicted octanol–water partition coefficient (Wildman–Crippen LogP) is 2.11. The molecular formula is C13H24N4. The molecule has 1 N–H and O–H groups in total. The molecule has 17 heavy (non-hydrogen) atoms. The number of hydrogen-bond donors (Lipinski definition) is 1. The molecule has 4 nitrogen and oxygen atoms in total. The van der Waals surface area contributed by atoms with E-state index in [-0.39, 0.29) is 0 Å². The number of anilines is 1. The summed E-state index contributed by atoms with van der Waals surface area (Å²) in [4.78, 5) is 6.97. The van der Waals surface area contributed by atoms with Crippen molar-refractivity contribution in [3.8, 4) is 0 Å². The van der Waals surface area contributed by atoms with Crippen LogP contribution < -0.4 is 5.32 Å². The number of nitrogens with one attached hydrogen (secondary N) is 1. The van der Waals surface area contributed by atoms with Gasteiger partial charge in [-0.3, -0.25) is 0 Å². The van der Waals surface area contributed by atoms with Gasteiger partial charge in [-0.05, 0) is 39.8 Å². The molecule has 0 saturated carbocycles. The predicted molar refractivity (Wildman–Crippen MR) is 71.4 cm³/mol. The second-order valence-corrected chi connectivity index (χ2v) is 5.15. The van der Waals surface area contributed by atoms with Gasteiger partial charge in [0.15, 0.2) is 0 Å². The first-order valence-electron chi connectivity index (χ1n) is 6.68. The summed E-state index contributed by atoms with van der Waals surface area (Å²) in [5, 5.41) is 3.60. The molecular weight excluding hydrogens is 212 g/mol. The molecule has 0 spiro atoms. The molecule has 1 aliphatic heterocycles. The highest BCUT2D eigenvalue weighted by atomic mass is 15.2. The van der Waals surface area contributed by atoms with E-state index >= 15 is 0 Å². The van der Waals surface area contributed by atoms with Crippen molar-refractivity contribution in [1.29, 1.82) is 0 Å². The molecule has 1 atom stereocenters. The molecule has 4 heteroatoms. The van der Waals surface area contributed by atoms with E-state index in [2.05, 4.69) is 46.9 Å². The third-order valence-corrected chi connectivity index (χ3v) is 3.32. The first-order valence-corrected chi connectivity index (χ1v) is 6.68. The minimum absolute atomic E-state index is 0.547. The van der Waals surface area contributed by atoms with Gasteiger partial charge in [-0.25, -0.2) is 4.98 Å². The van der Waals surface area contributed by atoms with Crippen LogP contribution in [0.1, 0.15) is 31.9 Å². The Morgan fingerprint density at radius 2 is 2.35 bits per heavy atom. The highest BCUT2D eigenvalue weighted by Crippen LogP contribution is 2.15. The minimum Gasteiger partial charge on any atom is -0.352 e. The Bertz CT molecular complexity index is 358. The number of hydrogen-bond acceptors (Lipinski definition) is 3. The molecule has 2 rings (SSSR count). The van der Waals surface area contributed by atoms with Crippen LogP contribution in [0.3, 0.4) is 0 Å². The van der Waals surface area contributed by atoms with Gasteiger partial charge in [0.25, 0.3) is 0 Å². The average Bonchev–Trinajstić information content (AvgIpc) is 2.59. The zero-order valence-corrected chi connectivity index (χ0v) is 11.2. The lowest BCUT2D eigenvalue weighted by Crippen LogP contribution is -2.40. The number of piperidine rings is 1. The number of nitrogens with zero attached hydrogens (tertiary/aromatic N) is 3. The molecule has 1 fully saturated rings. The van der Waals surface area contributed by atoms with Crippen LogP contribution in [0.2, 0.25) is 0 Å². The van der Waals surface area contributed by atoms with Crippen LogP contribution in [-0.4, -0.2) is 40.6 Å². The van der Waals surface area contributed by atoms with E-state index in [1.165, 1.54) is 19.4 Å². The first-order chi connectivity index (χ1) is 8.19. The summed E-state index contributed by atoms with van der Waals surface area (Å²) in [6.07, 6.45) is 5.82. The van der Waals surface area contributed by atoms with Crippen molar-refractivity contribution in [2.75, 3.05) is 25.5 Å². The normalized spacial score (nSPS) is 21.7. The molecule has 0 aliphatic carbocycles. The molecule has 1 saturated heterocycles. The van der Waals surface area contributed by atoms with Crippen molar-refractivity contribution in [1.82, 2.24) is 14.5 Å². The minimum atomic E-state index is 0.547. The number of likely N-dealkylation sites (N-methyl/N-ethyl adjacent to an activating group) is 1. The quantitative estimate of drug-likeness (QED) is 0.869. The van der Waals surface area contributed by atoms with Crippen molar-refractivity contribution >= 4 is 5.95 Å². The van der Waals surface area contributed by atoms with Crippen molar-refractivity contribution in [3.05, 3.63) is 11.9 Å². The number of aromatic nitrogens is 2. The summed E-state index contributed by atoms with van der Waals surface area (Å²) in [5.74, 6) is 1.05. The number of imidazole rings is 1. The van der Waals surface area contributed by atoms with Gasteiger partial charge in [0.2, 0.25) is 5.95 Å². The third kappa shape index (κ3) is 3.22. The van der Waals surface area contributed by atoms with E-state index in [9.17, 15) is 0 Å². The Morgan fingerprint density at radius 3 is 3.06 bits per heavy atom. The third-order valence-electron chi connectivity index (χ3n) is 3.32. The lowest BCUT2D eigenvalue weighted by molar-refractivity contribution is 0.260. The topological polar surface area (TPSA) is 33.1 Å². The van der Waals surface area contributed by atoms with E-state index in [4.69, 9.17) is 0 Å². The zero-order valence-electron chi connectivity index (χ0n) is 11.2. The Balaban J connectivity index is 2.01. The van der Waals surface area contributed by atoms with Gasteiger partial charge in [-0.15, -0.1) is 0 Å². The molecule has 0 aromatic carbocycles. The summed E-state index contributed by atoms with van der Waals surface area (Å²) >= 11 is 0. The number of likely N-dealkylation sites (tertiary alicyclic amines) is 1. The van der Waals surface area contributed by atoms with Crippen LogP contribution in [0, 0.1) is 6.92 Å². The molecule has 1 aromatic rings. The van der Waals surface area contributed by atoms with Gasteiger partial charge >= 0.3 is 0 Å². The fourth-order valence-electron chi connectivity index (χ4n) is 2.54. The molecule has 0 amide bonds. The van der Waals surface area contributed by atoms with E-state index < -0.39 is 0 Å². The number of aryl methyl sites for hydroxylation is 2. The Labute approximate surface area is 104 Å². The largest absolute Gasteiger partial charge is 0.352 e. The monoisotopic (exact) mass is 236 g/mol. The van der Waals surface area contributed by atoms with Crippen LogP contribution in [0.4, 0.5) is 5.95 Å². The summed E-state index contributed by atoms with van der Waals surface area (Å²) < 4.78 is 2.24. The molecule has 2 heterocycles. The standard InChI is InChI=1S/C13H24N4/c1-4-7-17-9-11(2)14-13(17)15-12-6-5-8-16(3)10-12/h9,12H,4-8,10H2,1-3H3,(H,14,15). The van der Waals surface area contributed by atoms with Crippen LogP contribution >= 0.6 is 0 Å². The van der Waals surface area contributed by atoms with Crippen molar-refractivity contribution in [2.24, 2.45) is 0 Å². The Morgan fingerprint density at radius 1 is 1.53 bits per heavy atom. The highest BCUT2D eigenvalue weighted by molar-refractivity contribution is 5.30. The fourth-order valence-corrected chi connectivity index (χ4v) is 2.54. The summed E-state index contributed by atoms with van der Waals surface area (Å²) in [7, 11) is 2.19. The smallest absolute Gasteiger partial charge is 0.203 e. The molecule has 1 unspecified atom stereocenters. The van der Waals surface area contributed by atoms with Crippen LogP contribution in [0.15, 0.2) is 6.20 Å². The lowest BCUT2D eigenvalue weighted by atomic mass is 10.1. The Hall–Kier alpha value is -1.03. The lowest BCUT2D eigenvalue weighted by Gasteiger charge is -2.30. The van der Waals surface area contributed by atoms with E-state index in [0.717, 1.165) is 31.2 Å². The first kappa shape index (κ1) is 12.4. The maximum absolute atomic E-state index is 4.58. The van der Waals surface area contributed by atoms with Crippen LogP contribution in [0.25, 0.3) is 0 Å². The highest BCUT2D eigenvalue weighted by Gasteiger charge is 2.18. The molecule has 1 aromatic heterocycles. The van der Waals surface area contributed by atoms with Gasteiger partial charge in [-0.1, -0.05) is 6.92 Å². The van der Waals surface area contributed by atoms with Crippen molar-refractivity contribution in [2.45, 2.75) is 45.7 Å². The Kier molecular flexibility index (Phi) is 4.05. The summed E-state index contributed by atoms with van der Waals surface area (Å²) in [5.41, 5.74) is 1.10. The molecule has 1 aliphatic rings. The van der Waals surface area contributed by atoms with Gasteiger partial charge in [0, 0.05) is 25.3 Å². The average molecular weight is 236 g/mol. The zero-order chi connectivity index (χ0) is 12.3. The second kappa shape index (κ2) is 5.54. The summed E-state index contributed by atoms with van der Waals surface area (Å²) in [6.45, 7) is 7.65. The second-order valence-electron chi connectivity index (χ2n) is 5.15. The SMILES string of the molecule is CCCn1cc(C)nc1NC1CCCN(C)C1. The van der Waals surface area contributed by atoms with E-state index in [1.54, 1.807) is 0 Å². The van der Waals surface area contributed by atoms with Gasteiger partial charge in [0.1, 0.15) is 0 Å².